The van der Waals surface area contributed by atoms with E-state index in [0.29, 0.717) is 20.9 Å². The van der Waals surface area contributed by atoms with E-state index in [1.54, 1.807) is 24.4 Å². The highest BCUT2D eigenvalue weighted by molar-refractivity contribution is 9.10. The van der Waals surface area contributed by atoms with Crippen molar-refractivity contribution in [3.8, 4) is 11.3 Å². The van der Waals surface area contributed by atoms with E-state index in [2.05, 4.69) is 31.2 Å². The molecule has 0 aliphatic heterocycles. The first-order valence-electron chi connectivity index (χ1n) is 7.48. The number of rotatable bonds is 5. The van der Waals surface area contributed by atoms with Crippen LogP contribution in [0.2, 0.25) is 10.0 Å². The van der Waals surface area contributed by atoms with E-state index in [0.717, 1.165) is 15.7 Å². The Labute approximate surface area is 173 Å². The summed E-state index contributed by atoms with van der Waals surface area (Å²) in [6.45, 7) is 0. The standard InChI is InChI=1S/C18H12BrCl2N3OS/c19-12-6-4-11(5-7-12)15-8-9-22-18(23-15)26-10-16(25)24-17-13(20)2-1-3-14(17)21/h1-9H,10H2,(H,24,25). The molecular formula is C18H12BrCl2N3OS. The molecule has 8 heteroatoms. The summed E-state index contributed by atoms with van der Waals surface area (Å²) >= 11 is 16.8. The molecule has 1 aromatic heterocycles. The third kappa shape index (κ3) is 4.98. The van der Waals surface area contributed by atoms with Crippen LogP contribution in [0, 0.1) is 0 Å². The molecule has 0 unspecified atom stereocenters. The van der Waals surface area contributed by atoms with Crippen molar-refractivity contribution in [3.05, 3.63) is 69.2 Å². The van der Waals surface area contributed by atoms with E-state index in [-0.39, 0.29) is 11.7 Å². The van der Waals surface area contributed by atoms with Crippen LogP contribution in [0.1, 0.15) is 0 Å². The molecule has 0 aliphatic carbocycles. The van der Waals surface area contributed by atoms with E-state index in [4.69, 9.17) is 23.2 Å². The average Bonchev–Trinajstić information content (AvgIpc) is 2.64. The highest BCUT2D eigenvalue weighted by Gasteiger charge is 2.11. The average molecular weight is 469 g/mol. The molecule has 1 heterocycles. The minimum Gasteiger partial charge on any atom is -0.323 e. The van der Waals surface area contributed by atoms with Gasteiger partial charge in [0.15, 0.2) is 5.16 Å². The molecule has 3 aromatic rings. The Hall–Kier alpha value is -1.60. The van der Waals surface area contributed by atoms with Crippen molar-refractivity contribution >= 4 is 62.5 Å². The number of para-hydroxylation sites is 1. The predicted octanol–water partition coefficient (Wildman–Crippen LogP) is 5.94. The van der Waals surface area contributed by atoms with E-state index in [9.17, 15) is 4.79 Å². The van der Waals surface area contributed by atoms with Crippen LogP contribution in [0.15, 0.2) is 64.4 Å². The minimum absolute atomic E-state index is 0.144. The van der Waals surface area contributed by atoms with Gasteiger partial charge in [0.05, 0.1) is 27.2 Å². The third-order valence-electron chi connectivity index (χ3n) is 3.33. The molecule has 0 radical (unpaired) electrons. The summed E-state index contributed by atoms with van der Waals surface area (Å²) in [6, 6.07) is 14.7. The predicted molar refractivity (Wildman–Crippen MR) is 111 cm³/mol. The summed E-state index contributed by atoms with van der Waals surface area (Å²) in [5.74, 6) is -0.0895. The monoisotopic (exact) mass is 467 g/mol. The lowest BCUT2D eigenvalue weighted by molar-refractivity contribution is -0.113. The molecule has 0 spiro atoms. The first-order chi connectivity index (χ1) is 12.5. The van der Waals surface area contributed by atoms with E-state index in [1.807, 2.05) is 30.3 Å². The zero-order valence-corrected chi connectivity index (χ0v) is 17.2. The van der Waals surface area contributed by atoms with Gasteiger partial charge in [0, 0.05) is 16.2 Å². The number of thioether (sulfide) groups is 1. The number of aromatic nitrogens is 2. The molecule has 0 atom stereocenters. The summed E-state index contributed by atoms with van der Waals surface area (Å²) in [4.78, 5) is 20.9. The number of benzene rings is 2. The Morgan fingerprint density at radius 1 is 1.08 bits per heavy atom. The van der Waals surface area contributed by atoms with Gasteiger partial charge >= 0.3 is 0 Å². The summed E-state index contributed by atoms with van der Waals surface area (Å²) < 4.78 is 1.000. The molecule has 2 aromatic carbocycles. The van der Waals surface area contributed by atoms with Crippen molar-refractivity contribution in [1.29, 1.82) is 0 Å². The molecule has 1 amide bonds. The van der Waals surface area contributed by atoms with E-state index in [1.165, 1.54) is 11.8 Å². The lowest BCUT2D eigenvalue weighted by Crippen LogP contribution is -2.15. The van der Waals surface area contributed by atoms with Gasteiger partial charge in [-0.15, -0.1) is 0 Å². The summed E-state index contributed by atoms with van der Waals surface area (Å²) in [5.41, 5.74) is 2.18. The van der Waals surface area contributed by atoms with Crippen LogP contribution in [0.3, 0.4) is 0 Å². The van der Waals surface area contributed by atoms with Crippen molar-refractivity contribution in [2.24, 2.45) is 0 Å². The number of nitrogens with one attached hydrogen (secondary N) is 1. The minimum atomic E-state index is -0.234. The molecule has 0 fully saturated rings. The van der Waals surface area contributed by atoms with Gasteiger partial charge < -0.3 is 5.32 Å². The summed E-state index contributed by atoms with van der Waals surface area (Å²) in [7, 11) is 0. The largest absolute Gasteiger partial charge is 0.323 e. The second kappa shape index (κ2) is 8.86. The zero-order valence-electron chi connectivity index (χ0n) is 13.2. The molecular weight excluding hydrogens is 457 g/mol. The quantitative estimate of drug-likeness (QED) is 0.371. The van der Waals surface area contributed by atoms with Crippen molar-refractivity contribution < 1.29 is 4.79 Å². The highest BCUT2D eigenvalue weighted by Crippen LogP contribution is 2.30. The van der Waals surface area contributed by atoms with E-state index >= 15 is 0 Å². The van der Waals surface area contributed by atoms with Crippen LogP contribution in [-0.4, -0.2) is 21.6 Å². The number of anilines is 1. The lowest BCUT2D eigenvalue weighted by atomic mass is 10.1. The van der Waals surface area contributed by atoms with Gasteiger partial charge in [-0.3, -0.25) is 4.79 Å². The molecule has 1 N–H and O–H groups in total. The van der Waals surface area contributed by atoms with Gasteiger partial charge in [-0.1, -0.05) is 69.1 Å². The number of carbonyl (C=O) groups excluding carboxylic acids is 1. The van der Waals surface area contributed by atoms with Crippen LogP contribution in [0.5, 0.6) is 0 Å². The van der Waals surface area contributed by atoms with Crippen molar-refractivity contribution in [2.75, 3.05) is 11.1 Å². The second-order valence-corrected chi connectivity index (χ2v) is 7.84. The van der Waals surface area contributed by atoms with Gasteiger partial charge in [-0.05, 0) is 30.3 Å². The molecule has 3 rings (SSSR count). The fraction of sp³-hybridized carbons (Fsp3) is 0.0556. The maximum Gasteiger partial charge on any atom is 0.234 e. The molecule has 0 bridgehead atoms. The van der Waals surface area contributed by atoms with Crippen molar-refractivity contribution in [3.63, 3.8) is 0 Å². The number of halogens is 3. The van der Waals surface area contributed by atoms with Crippen LogP contribution < -0.4 is 5.32 Å². The number of carbonyl (C=O) groups is 1. The van der Waals surface area contributed by atoms with Crippen LogP contribution >= 0.6 is 50.9 Å². The molecule has 132 valence electrons. The Morgan fingerprint density at radius 3 is 2.46 bits per heavy atom. The SMILES string of the molecule is O=C(CSc1nccc(-c2ccc(Br)cc2)n1)Nc1c(Cl)cccc1Cl. The molecule has 0 saturated heterocycles. The Balaban J connectivity index is 1.65. The fourth-order valence-corrected chi connectivity index (χ4v) is 3.50. The fourth-order valence-electron chi connectivity index (χ4n) is 2.11. The lowest BCUT2D eigenvalue weighted by Gasteiger charge is -2.09. The topological polar surface area (TPSA) is 54.9 Å². The molecule has 0 aliphatic rings. The Kier molecular flexibility index (Phi) is 6.53. The smallest absolute Gasteiger partial charge is 0.234 e. The highest BCUT2D eigenvalue weighted by atomic mass is 79.9. The van der Waals surface area contributed by atoms with Gasteiger partial charge in [0.2, 0.25) is 5.91 Å². The second-order valence-electron chi connectivity index (χ2n) is 5.16. The number of amides is 1. The normalized spacial score (nSPS) is 10.6. The van der Waals surface area contributed by atoms with E-state index < -0.39 is 0 Å². The van der Waals surface area contributed by atoms with Crippen LogP contribution in [0.25, 0.3) is 11.3 Å². The van der Waals surface area contributed by atoms with Gasteiger partial charge in [0.1, 0.15) is 0 Å². The first kappa shape index (κ1) is 19.2. The molecule has 26 heavy (non-hydrogen) atoms. The van der Waals surface area contributed by atoms with Gasteiger partial charge in [-0.25, -0.2) is 9.97 Å². The zero-order chi connectivity index (χ0) is 18.5. The van der Waals surface area contributed by atoms with Gasteiger partial charge in [0.25, 0.3) is 0 Å². The maximum absolute atomic E-state index is 12.2. The number of nitrogens with zero attached hydrogens (tertiary/aromatic N) is 2. The Morgan fingerprint density at radius 2 is 1.77 bits per heavy atom. The molecule has 4 nitrogen and oxygen atoms in total. The number of hydrogen-bond donors (Lipinski definition) is 1. The number of hydrogen-bond acceptors (Lipinski definition) is 4. The maximum atomic E-state index is 12.2. The molecule has 0 saturated carbocycles. The van der Waals surface area contributed by atoms with Crippen molar-refractivity contribution in [2.45, 2.75) is 5.16 Å². The first-order valence-corrected chi connectivity index (χ1v) is 10.0. The third-order valence-corrected chi connectivity index (χ3v) is 5.35. The Bertz CT molecular complexity index is 918. The van der Waals surface area contributed by atoms with Crippen LogP contribution in [0.4, 0.5) is 5.69 Å². The summed E-state index contributed by atoms with van der Waals surface area (Å²) in [6.07, 6.45) is 1.68. The van der Waals surface area contributed by atoms with Gasteiger partial charge in [-0.2, -0.15) is 0 Å². The van der Waals surface area contributed by atoms with Crippen LogP contribution in [-0.2, 0) is 4.79 Å². The van der Waals surface area contributed by atoms with Crippen molar-refractivity contribution in [1.82, 2.24) is 9.97 Å². The summed E-state index contributed by atoms with van der Waals surface area (Å²) in [5, 5.41) is 4.02.